The van der Waals surface area contributed by atoms with Gasteiger partial charge in [0.05, 0.1) is 29.2 Å². The Bertz CT molecular complexity index is 1060. The fourth-order valence-corrected chi connectivity index (χ4v) is 4.76. The van der Waals surface area contributed by atoms with Crippen LogP contribution in [0.2, 0.25) is 5.02 Å². The summed E-state index contributed by atoms with van der Waals surface area (Å²) in [5.41, 5.74) is 1.92. The number of amides is 1. The van der Waals surface area contributed by atoms with Crippen LogP contribution in [-0.4, -0.2) is 70.7 Å². The van der Waals surface area contributed by atoms with E-state index in [9.17, 15) is 9.59 Å². The van der Waals surface area contributed by atoms with Crippen LogP contribution in [0.4, 0.5) is 10.6 Å². The van der Waals surface area contributed by atoms with Gasteiger partial charge in [-0.3, -0.25) is 14.8 Å². The van der Waals surface area contributed by atoms with Crippen LogP contribution in [0.25, 0.3) is 11.3 Å². The van der Waals surface area contributed by atoms with Crippen molar-refractivity contribution >= 4 is 29.3 Å². The number of pyridine rings is 1. The molecule has 4 rings (SSSR count). The molecular formula is C26H34ClN5O4. The monoisotopic (exact) mass is 515 g/mol. The number of ketones is 1. The number of halogens is 1. The highest BCUT2D eigenvalue weighted by molar-refractivity contribution is 6.33. The van der Waals surface area contributed by atoms with E-state index in [4.69, 9.17) is 26.1 Å². The van der Waals surface area contributed by atoms with Gasteiger partial charge in [-0.25, -0.2) is 9.78 Å². The van der Waals surface area contributed by atoms with E-state index < -0.39 is 0 Å². The number of Topliss-reactive ketones (excluding diaryl/α,β-unsaturated/α-hetero) is 1. The van der Waals surface area contributed by atoms with Crippen molar-refractivity contribution in [1.29, 1.82) is 0 Å². The maximum Gasteiger partial charge on any atom is 0.410 e. The predicted molar refractivity (Wildman–Crippen MR) is 137 cm³/mol. The minimum atomic E-state index is -0.363. The number of hydrogen-bond acceptors (Lipinski definition) is 8. The number of carbonyl (C=O) groups is 2. The molecule has 10 heteroatoms. The molecule has 1 amide bonds. The van der Waals surface area contributed by atoms with Gasteiger partial charge in [-0.2, -0.15) is 0 Å². The first-order chi connectivity index (χ1) is 17.4. The highest BCUT2D eigenvalue weighted by Crippen LogP contribution is 2.28. The van der Waals surface area contributed by atoms with Gasteiger partial charge in [0.2, 0.25) is 0 Å². The number of aromatic nitrogens is 3. The van der Waals surface area contributed by atoms with E-state index in [2.05, 4.69) is 15.3 Å². The standard InChI is InChI=1S/C26H34ClN5O4/c1-17(2)36-26(34)32-7-3-4-19(16-32)24(33)11-20-10-21(22(27)13-29-20)23-14-28-15-25(31-23)30-12-18-5-8-35-9-6-18/h10,13-15,17-19H,3-9,11-12,16H2,1-2H3,(H,30,31)/t19-/m0/s1. The Labute approximate surface area is 217 Å². The maximum atomic E-state index is 13.1. The first-order valence-electron chi connectivity index (χ1n) is 12.7. The number of nitrogens with one attached hydrogen (secondary N) is 1. The van der Waals surface area contributed by atoms with Crippen LogP contribution >= 0.6 is 11.6 Å². The number of piperidine rings is 1. The Morgan fingerprint density at radius 3 is 2.81 bits per heavy atom. The number of carbonyl (C=O) groups excluding carboxylic acids is 2. The van der Waals surface area contributed by atoms with Gasteiger partial charge < -0.3 is 19.7 Å². The van der Waals surface area contributed by atoms with Crippen molar-refractivity contribution in [3.8, 4) is 11.3 Å². The summed E-state index contributed by atoms with van der Waals surface area (Å²) in [4.78, 5) is 40.4. The highest BCUT2D eigenvalue weighted by Gasteiger charge is 2.29. The first kappa shape index (κ1) is 26.3. The van der Waals surface area contributed by atoms with Gasteiger partial charge in [0, 0.05) is 62.6 Å². The highest BCUT2D eigenvalue weighted by atomic mass is 35.5. The zero-order chi connectivity index (χ0) is 25.5. The molecule has 0 saturated carbocycles. The topological polar surface area (TPSA) is 107 Å². The summed E-state index contributed by atoms with van der Waals surface area (Å²) in [6.45, 7) is 7.02. The van der Waals surface area contributed by atoms with Gasteiger partial charge >= 0.3 is 6.09 Å². The number of anilines is 1. The Hall–Kier alpha value is -2.78. The maximum absolute atomic E-state index is 13.1. The van der Waals surface area contributed by atoms with Crippen molar-refractivity contribution in [2.24, 2.45) is 11.8 Å². The molecular weight excluding hydrogens is 482 g/mol. The first-order valence-corrected chi connectivity index (χ1v) is 13.0. The van der Waals surface area contributed by atoms with Crippen molar-refractivity contribution in [3.63, 3.8) is 0 Å². The summed E-state index contributed by atoms with van der Waals surface area (Å²) in [5, 5.41) is 3.82. The van der Waals surface area contributed by atoms with Gasteiger partial charge in [0.1, 0.15) is 11.6 Å². The van der Waals surface area contributed by atoms with Gasteiger partial charge in [0.15, 0.2) is 0 Å². The Kier molecular flexibility index (Phi) is 9.09. The quantitative estimate of drug-likeness (QED) is 0.551. The molecule has 1 atom stereocenters. The minimum absolute atomic E-state index is 0.0517. The number of hydrogen-bond donors (Lipinski definition) is 1. The largest absolute Gasteiger partial charge is 0.447 e. The summed E-state index contributed by atoms with van der Waals surface area (Å²) in [6.07, 6.45) is 8.10. The van der Waals surface area contributed by atoms with E-state index in [0.717, 1.165) is 45.4 Å². The molecule has 2 aliphatic heterocycles. The summed E-state index contributed by atoms with van der Waals surface area (Å²) in [5.74, 6) is 1.04. The molecule has 1 N–H and O–H groups in total. The number of nitrogens with zero attached hydrogens (tertiary/aromatic N) is 4. The summed E-state index contributed by atoms with van der Waals surface area (Å²) < 4.78 is 10.7. The Morgan fingerprint density at radius 1 is 1.22 bits per heavy atom. The lowest BCUT2D eigenvalue weighted by atomic mass is 9.91. The molecule has 0 spiro atoms. The third-order valence-electron chi connectivity index (χ3n) is 6.56. The molecule has 0 radical (unpaired) electrons. The molecule has 2 fully saturated rings. The molecule has 2 aliphatic rings. The second kappa shape index (κ2) is 12.5. The van der Waals surface area contributed by atoms with Gasteiger partial charge in [-0.15, -0.1) is 0 Å². The predicted octanol–water partition coefficient (Wildman–Crippen LogP) is 4.40. The fraction of sp³-hybridized carbons (Fsp3) is 0.577. The normalized spacial score (nSPS) is 18.8. The fourth-order valence-electron chi connectivity index (χ4n) is 4.56. The molecule has 0 unspecified atom stereocenters. The van der Waals surface area contributed by atoms with E-state index in [1.807, 2.05) is 13.8 Å². The van der Waals surface area contributed by atoms with Crippen LogP contribution in [0.3, 0.4) is 0 Å². The van der Waals surface area contributed by atoms with Gasteiger partial charge in [-0.05, 0) is 51.5 Å². The van der Waals surface area contributed by atoms with Crippen molar-refractivity contribution in [2.45, 2.75) is 52.1 Å². The van der Waals surface area contributed by atoms with E-state index in [1.54, 1.807) is 29.6 Å². The number of rotatable bonds is 8. The summed E-state index contributed by atoms with van der Waals surface area (Å²) >= 11 is 6.45. The van der Waals surface area contributed by atoms with Crippen LogP contribution < -0.4 is 5.32 Å². The van der Waals surface area contributed by atoms with Gasteiger partial charge in [-0.1, -0.05) is 11.6 Å². The van der Waals surface area contributed by atoms with Crippen LogP contribution in [0.15, 0.2) is 24.7 Å². The molecule has 2 saturated heterocycles. The lowest BCUT2D eigenvalue weighted by molar-refractivity contribution is -0.123. The molecule has 2 aromatic rings. The molecule has 2 aromatic heterocycles. The van der Waals surface area contributed by atoms with E-state index in [1.165, 1.54) is 0 Å². The molecule has 194 valence electrons. The third-order valence-corrected chi connectivity index (χ3v) is 6.86. The molecule has 36 heavy (non-hydrogen) atoms. The lowest BCUT2D eigenvalue weighted by Gasteiger charge is -2.31. The van der Waals surface area contributed by atoms with Crippen LogP contribution in [-0.2, 0) is 20.7 Å². The van der Waals surface area contributed by atoms with E-state index in [-0.39, 0.29) is 30.3 Å². The Balaban J connectivity index is 1.40. The Morgan fingerprint density at radius 2 is 2.03 bits per heavy atom. The second-order valence-corrected chi connectivity index (χ2v) is 10.1. The van der Waals surface area contributed by atoms with Crippen molar-refractivity contribution in [2.75, 3.05) is 38.2 Å². The van der Waals surface area contributed by atoms with Crippen molar-refractivity contribution < 1.29 is 19.1 Å². The van der Waals surface area contributed by atoms with Gasteiger partial charge in [0.25, 0.3) is 0 Å². The van der Waals surface area contributed by atoms with Crippen LogP contribution in [0.1, 0.15) is 45.2 Å². The van der Waals surface area contributed by atoms with E-state index in [0.29, 0.717) is 46.8 Å². The number of likely N-dealkylation sites (tertiary alicyclic amines) is 1. The molecule has 0 aliphatic carbocycles. The average molecular weight is 516 g/mol. The molecule has 9 nitrogen and oxygen atoms in total. The number of ether oxygens (including phenoxy) is 2. The molecule has 4 heterocycles. The van der Waals surface area contributed by atoms with E-state index >= 15 is 0 Å². The molecule has 0 aromatic carbocycles. The summed E-state index contributed by atoms with van der Waals surface area (Å²) in [7, 11) is 0. The van der Waals surface area contributed by atoms with Crippen molar-refractivity contribution in [3.05, 3.63) is 35.4 Å². The van der Waals surface area contributed by atoms with Crippen LogP contribution in [0, 0.1) is 11.8 Å². The zero-order valence-corrected chi connectivity index (χ0v) is 21.7. The van der Waals surface area contributed by atoms with Crippen molar-refractivity contribution in [1.82, 2.24) is 19.9 Å². The zero-order valence-electron chi connectivity index (χ0n) is 20.9. The molecule has 0 bridgehead atoms. The summed E-state index contributed by atoms with van der Waals surface area (Å²) in [6, 6.07) is 1.81. The van der Waals surface area contributed by atoms with Crippen LogP contribution in [0.5, 0.6) is 0 Å². The SMILES string of the molecule is CC(C)OC(=O)N1CCC[C@H](C(=O)Cc2cc(-c3cncc(NCC4CCOCC4)n3)c(Cl)cn2)C1. The minimum Gasteiger partial charge on any atom is -0.447 e. The smallest absolute Gasteiger partial charge is 0.410 e. The third kappa shape index (κ3) is 7.13. The lowest BCUT2D eigenvalue weighted by Crippen LogP contribution is -2.43. The second-order valence-electron chi connectivity index (χ2n) is 9.74. The average Bonchev–Trinajstić information content (AvgIpc) is 2.89.